The van der Waals surface area contributed by atoms with Gasteiger partial charge in [0, 0.05) is 29.7 Å². The van der Waals surface area contributed by atoms with Crippen molar-refractivity contribution in [3.05, 3.63) is 97.1 Å². The van der Waals surface area contributed by atoms with Crippen LogP contribution >= 0.6 is 0 Å². The second-order valence-electron chi connectivity index (χ2n) is 6.58. The maximum atomic E-state index is 4.75. The highest BCUT2D eigenvalue weighted by atomic mass is 15.3. The zero-order valence-electron chi connectivity index (χ0n) is 15.1. The van der Waals surface area contributed by atoms with Crippen LogP contribution in [0.25, 0.3) is 33.5 Å². The first-order valence-electron chi connectivity index (χ1n) is 9.10. The van der Waals surface area contributed by atoms with Crippen LogP contribution in [0.1, 0.15) is 5.56 Å². The molecule has 3 aromatic heterocycles. The third-order valence-corrected chi connectivity index (χ3v) is 4.64. The maximum absolute atomic E-state index is 4.75. The van der Waals surface area contributed by atoms with Crippen LogP contribution < -0.4 is 0 Å². The molecule has 5 rings (SSSR count). The van der Waals surface area contributed by atoms with Crippen LogP contribution in [0.3, 0.4) is 0 Å². The van der Waals surface area contributed by atoms with E-state index in [0.29, 0.717) is 0 Å². The average molecular weight is 363 g/mol. The molecule has 0 aliphatic heterocycles. The molecule has 0 saturated heterocycles. The molecule has 28 heavy (non-hydrogen) atoms. The van der Waals surface area contributed by atoms with Gasteiger partial charge in [0.15, 0.2) is 0 Å². The van der Waals surface area contributed by atoms with E-state index in [4.69, 9.17) is 10.1 Å². The molecule has 3 heterocycles. The fourth-order valence-electron chi connectivity index (χ4n) is 3.21. The summed E-state index contributed by atoms with van der Waals surface area (Å²) in [5.41, 5.74) is 6.84. The summed E-state index contributed by atoms with van der Waals surface area (Å²) < 4.78 is 1.94. The number of hydrogen-bond acceptors (Lipinski definition) is 4. The monoisotopic (exact) mass is 363 g/mol. The Hall–Kier alpha value is -3.86. The van der Waals surface area contributed by atoms with Crippen molar-refractivity contribution in [1.82, 2.24) is 24.7 Å². The van der Waals surface area contributed by atoms with Crippen molar-refractivity contribution in [1.29, 1.82) is 0 Å². The quantitative estimate of drug-likeness (QED) is 0.468. The van der Waals surface area contributed by atoms with Crippen molar-refractivity contribution in [2.45, 2.75) is 6.54 Å². The summed E-state index contributed by atoms with van der Waals surface area (Å²) in [5, 5.41) is 4.72. The normalized spacial score (nSPS) is 11.0. The van der Waals surface area contributed by atoms with Crippen LogP contribution in [-0.2, 0) is 6.54 Å². The summed E-state index contributed by atoms with van der Waals surface area (Å²) in [6, 6.07) is 22.2. The van der Waals surface area contributed by atoms with E-state index < -0.39 is 0 Å². The fraction of sp³-hybridized carbons (Fsp3) is 0.0435. The van der Waals surface area contributed by atoms with Crippen LogP contribution in [0.2, 0.25) is 0 Å². The SMILES string of the molecule is c1cc(-c2cnc3ccccc3n2)cc(-c2ccn(Cc3ccncc3)n2)c1. The number of rotatable bonds is 4. The minimum Gasteiger partial charge on any atom is -0.268 e. The van der Waals surface area contributed by atoms with Crippen molar-refractivity contribution >= 4 is 11.0 Å². The van der Waals surface area contributed by atoms with Crippen molar-refractivity contribution < 1.29 is 0 Å². The van der Waals surface area contributed by atoms with Gasteiger partial charge >= 0.3 is 0 Å². The molecule has 2 aromatic carbocycles. The number of para-hydroxylation sites is 2. The first kappa shape index (κ1) is 16.3. The number of pyridine rings is 1. The molecule has 0 amide bonds. The van der Waals surface area contributed by atoms with Gasteiger partial charge in [-0.25, -0.2) is 4.98 Å². The van der Waals surface area contributed by atoms with Gasteiger partial charge in [-0.2, -0.15) is 5.10 Å². The molecule has 5 aromatic rings. The van der Waals surface area contributed by atoms with E-state index in [1.54, 1.807) is 12.4 Å². The van der Waals surface area contributed by atoms with Gasteiger partial charge in [-0.05, 0) is 42.0 Å². The van der Waals surface area contributed by atoms with E-state index in [1.807, 2.05) is 65.6 Å². The Labute approximate surface area is 162 Å². The van der Waals surface area contributed by atoms with Gasteiger partial charge in [0.05, 0.1) is 35.2 Å². The third kappa shape index (κ3) is 3.25. The lowest BCUT2D eigenvalue weighted by atomic mass is 10.1. The summed E-state index contributed by atoms with van der Waals surface area (Å²) in [6.45, 7) is 0.721. The van der Waals surface area contributed by atoms with Crippen molar-refractivity contribution in [2.24, 2.45) is 0 Å². The molecular weight excluding hydrogens is 346 g/mol. The largest absolute Gasteiger partial charge is 0.268 e. The molecule has 0 radical (unpaired) electrons. The number of benzene rings is 2. The van der Waals surface area contributed by atoms with Gasteiger partial charge in [0.25, 0.3) is 0 Å². The Morgan fingerprint density at radius 1 is 0.750 bits per heavy atom. The molecule has 0 bridgehead atoms. The number of nitrogens with zero attached hydrogens (tertiary/aromatic N) is 5. The molecule has 0 N–H and O–H groups in total. The summed E-state index contributed by atoms with van der Waals surface area (Å²) in [7, 11) is 0. The predicted molar refractivity (Wildman–Crippen MR) is 110 cm³/mol. The fourth-order valence-corrected chi connectivity index (χ4v) is 3.21. The lowest BCUT2D eigenvalue weighted by molar-refractivity contribution is 0.688. The molecule has 134 valence electrons. The van der Waals surface area contributed by atoms with E-state index in [9.17, 15) is 0 Å². The first-order chi connectivity index (χ1) is 13.8. The van der Waals surface area contributed by atoms with Gasteiger partial charge in [-0.15, -0.1) is 0 Å². The maximum Gasteiger partial charge on any atom is 0.0923 e. The molecule has 0 atom stereocenters. The van der Waals surface area contributed by atoms with E-state index in [0.717, 1.165) is 40.1 Å². The highest BCUT2D eigenvalue weighted by molar-refractivity contribution is 5.78. The van der Waals surface area contributed by atoms with Gasteiger partial charge in [-0.3, -0.25) is 14.6 Å². The Morgan fingerprint density at radius 2 is 1.54 bits per heavy atom. The number of hydrogen-bond donors (Lipinski definition) is 0. The molecule has 0 spiro atoms. The summed E-state index contributed by atoms with van der Waals surface area (Å²) >= 11 is 0. The van der Waals surface area contributed by atoms with Crippen molar-refractivity contribution in [2.75, 3.05) is 0 Å². The lowest BCUT2D eigenvalue weighted by Gasteiger charge is -2.05. The van der Waals surface area contributed by atoms with Gasteiger partial charge < -0.3 is 0 Å². The van der Waals surface area contributed by atoms with E-state index in [1.165, 1.54) is 5.56 Å². The zero-order valence-corrected chi connectivity index (χ0v) is 15.1. The Morgan fingerprint density at radius 3 is 2.39 bits per heavy atom. The molecule has 0 saturated carbocycles. The highest BCUT2D eigenvalue weighted by Gasteiger charge is 2.07. The molecular formula is C23H17N5. The Kier molecular flexibility index (Phi) is 4.10. The van der Waals surface area contributed by atoms with Crippen LogP contribution in [0.15, 0.2) is 91.5 Å². The summed E-state index contributed by atoms with van der Waals surface area (Å²) in [5.74, 6) is 0. The van der Waals surface area contributed by atoms with Gasteiger partial charge in [0.2, 0.25) is 0 Å². The van der Waals surface area contributed by atoms with E-state index in [-0.39, 0.29) is 0 Å². The highest BCUT2D eigenvalue weighted by Crippen LogP contribution is 2.25. The zero-order chi connectivity index (χ0) is 18.8. The van der Waals surface area contributed by atoms with Crippen LogP contribution in [0, 0.1) is 0 Å². The molecule has 0 fully saturated rings. The third-order valence-electron chi connectivity index (χ3n) is 4.64. The molecule has 5 heteroatoms. The van der Waals surface area contributed by atoms with Crippen molar-refractivity contribution in [3.8, 4) is 22.5 Å². The Balaban J connectivity index is 1.45. The summed E-state index contributed by atoms with van der Waals surface area (Å²) in [6.07, 6.45) is 7.42. The molecule has 0 aliphatic carbocycles. The lowest BCUT2D eigenvalue weighted by Crippen LogP contribution is -2.00. The number of fused-ring (bicyclic) bond motifs is 1. The van der Waals surface area contributed by atoms with E-state index >= 15 is 0 Å². The molecule has 5 nitrogen and oxygen atoms in total. The molecule has 0 unspecified atom stereocenters. The number of aromatic nitrogens is 5. The first-order valence-corrected chi connectivity index (χ1v) is 9.10. The molecule has 0 aliphatic rings. The Bertz CT molecular complexity index is 1240. The predicted octanol–water partition coefficient (Wildman–Crippen LogP) is 4.60. The van der Waals surface area contributed by atoms with Gasteiger partial charge in [0.1, 0.15) is 0 Å². The van der Waals surface area contributed by atoms with Crippen molar-refractivity contribution in [3.63, 3.8) is 0 Å². The topological polar surface area (TPSA) is 56.5 Å². The summed E-state index contributed by atoms with van der Waals surface area (Å²) in [4.78, 5) is 13.3. The minimum atomic E-state index is 0.721. The minimum absolute atomic E-state index is 0.721. The average Bonchev–Trinajstić information content (AvgIpc) is 3.23. The van der Waals surface area contributed by atoms with Crippen LogP contribution in [0.4, 0.5) is 0 Å². The van der Waals surface area contributed by atoms with Crippen LogP contribution in [-0.4, -0.2) is 24.7 Å². The smallest absolute Gasteiger partial charge is 0.0923 e. The van der Waals surface area contributed by atoms with Crippen LogP contribution in [0.5, 0.6) is 0 Å². The second-order valence-corrected chi connectivity index (χ2v) is 6.58. The second kappa shape index (κ2) is 7.04. The standard InChI is InChI=1S/C23H17N5/c1-2-7-22-21(6-1)25-15-23(26-22)19-5-3-4-18(14-19)20-10-13-28(27-20)16-17-8-11-24-12-9-17/h1-15H,16H2. The van der Waals surface area contributed by atoms with Gasteiger partial charge in [-0.1, -0.05) is 30.3 Å². The van der Waals surface area contributed by atoms with E-state index in [2.05, 4.69) is 28.2 Å².